The Hall–Kier alpha value is -2.82. The molecule has 0 saturated heterocycles. The van der Waals surface area contributed by atoms with Crippen LogP contribution in [0.15, 0.2) is 72.8 Å². The van der Waals surface area contributed by atoms with Gasteiger partial charge in [0.15, 0.2) is 11.5 Å². The Morgan fingerprint density at radius 3 is 2.21 bits per heavy atom. The Kier molecular flexibility index (Phi) is 7.68. The highest BCUT2D eigenvalue weighted by Gasteiger charge is 2.11. The molecule has 0 saturated carbocycles. The van der Waals surface area contributed by atoms with E-state index >= 15 is 0 Å². The standard InChI is InChI=1S/C25H30N2O2/c1-20-7-6-10-22(15-20)17-27(14-13-26)18-23-11-12-24(25(16-23)28-2)29-19-21-8-4-3-5-9-21/h3-12,15-16H,13-14,17-19,26H2,1-2H3. The van der Waals surface area contributed by atoms with Crippen molar-refractivity contribution in [2.24, 2.45) is 5.73 Å². The molecule has 0 aliphatic rings. The van der Waals surface area contributed by atoms with Gasteiger partial charge in [0.2, 0.25) is 0 Å². The van der Waals surface area contributed by atoms with Crippen LogP contribution in [0.3, 0.4) is 0 Å². The third-order valence-electron chi connectivity index (χ3n) is 4.81. The number of rotatable bonds is 10. The van der Waals surface area contributed by atoms with Gasteiger partial charge >= 0.3 is 0 Å². The quantitative estimate of drug-likeness (QED) is 0.552. The van der Waals surface area contributed by atoms with Crippen molar-refractivity contribution < 1.29 is 9.47 Å². The Morgan fingerprint density at radius 2 is 1.52 bits per heavy atom. The summed E-state index contributed by atoms with van der Waals surface area (Å²) in [6.07, 6.45) is 0. The third kappa shape index (κ3) is 6.34. The van der Waals surface area contributed by atoms with Crippen molar-refractivity contribution in [3.63, 3.8) is 0 Å². The van der Waals surface area contributed by atoms with Gasteiger partial charge in [0, 0.05) is 26.2 Å². The monoisotopic (exact) mass is 390 g/mol. The van der Waals surface area contributed by atoms with Crippen LogP contribution in [-0.4, -0.2) is 25.1 Å². The first kappa shape index (κ1) is 20.9. The van der Waals surface area contributed by atoms with E-state index < -0.39 is 0 Å². The van der Waals surface area contributed by atoms with E-state index in [0.29, 0.717) is 13.2 Å². The van der Waals surface area contributed by atoms with E-state index in [1.54, 1.807) is 7.11 Å². The summed E-state index contributed by atoms with van der Waals surface area (Å²) in [4.78, 5) is 2.36. The van der Waals surface area contributed by atoms with Crippen LogP contribution >= 0.6 is 0 Å². The summed E-state index contributed by atoms with van der Waals surface area (Å²) in [5, 5.41) is 0. The summed E-state index contributed by atoms with van der Waals surface area (Å²) in [5.41, 5.74) is 10.7. The average Bonchev–Trinajstić information content (AvgIpc) is 2.73. The van der Waals surface area contributed by atoms with E-state index in [1.165, 1.54) is 16.7 Å². The van der Waals surface area contributed by atoms with Gasteiger partial charge in [-0.2, -0.15) is 0 Å². The number of aryl methyl sites for hydroxylation is 1. The van der Waals surface area contributed by atoms with Gasteiger partial charge in [-0.15, -0.1) is 0 Å². The predicted molar refractivity (Wildman–Crippen MR) is 118 cm³/mol. The lowest BCUT2D eigenvalue weighted by molar-refractivity contribution is 0.262. The minimum atomic E-state index is 0.517. The minimum Gasteiger partial charge on any atom is -0.493 e. The topological polar surface area (TPSA) is 47.7 Å². The Balaban J connectivity index is 1.68. The summed E-state index contributed by atoms with van der Waals surface area (Å²) in [7, 11) is 1.68. The molecule has 2 N–H and O–H groups in total. The Morgan fingerprint density at radius 1 is 0.793 bits per heavy atom. The number of nitrogens with two attached hydrogens (primary N) is 1. The second kappa shape index (κ2) is 10.6. The lowest BCUT2D eigenvalue weighted by Crippen LogP contribution is -2.28. The van der Waals surface area contributed by atoms with Gasteiger partial charge in [0.25, 0.3) is 0 Å². The average molecular weight is 391 g/mol. The molecule has 152 valence electrons. The molecule has 0 bridgehead atoms. The summed E-state index contributed by atoms with van der Waals surface area (Å²) in [5.74, 6) is 1.51. The smallest absolute Gasteiger partial charge is 0.161 e. The van der Waals surface area contributed by atoms with Gasteiger partial charge in [0.05, 0.1) is 7.11 Å². The van der Waals surface area contributed by atoms with E-state index in [-0.39, 0.29) is 0 Å². The van der Waals surface area contributed by atoms with E-state index in [0.717, 1.165) is 36.7 Å². The highest BCUT2D eigenvalue weighted by atomic mass is 16.5. The molecule has 4 heteroatoms. The van der Waals surface area contributed by atoms with E-state index in [9.17, 15) is 0 Å². The van der Waals surface area contributed by atoms with Crippen LogP contribution in [0.2, 0.25) is 0 Å². The first-order valence-corrected chi connectivity index (χ1v) is 9.99. The molecule has 0 aliphatic carbocycles. The van der Waals surface area contributed by atoms with Crippen molar-refractivity contribution in [1.29, 1.82) is 0 Å². The number of hydrogen-bond acceptors (Lipinski definition) is 4. The number of methoxy groups -OCH3 is 1. The molecule has 0 aromatic heterocycles. The second-order valence-electron chi connectivity index (χ2n) is 7.25. The summed E-state index contributed by atoms with van der Waals surface area (Å²) in [6, 6.07) is 24.9. The van der Waals surface area contributed by atoms with Crippen LogP contribution in [0.1, 0.15) is 22.3 Å². The predicted octanol–water partition coefficient (Wildman–Crippen LogP) is 4.54. The van der Waals surface area contributed by atoms with Gasteiger partial charge in [-0.1, -0.05) is 66.2 Å². The van der Waals surface area contributed by atoms with Crippen LogP contribution in [0.25, 0.3) is 0 Å². The third-order valence-corrected chi connectivity index (χ3v) is 4.81. The molecule has 0 amide bonds. The van der Waals surface area contributed by atoms with Gasteiger partial charge in [-0.25, -0.2) is 0 Å². The number of benzene rings is 3. The minimum absolute atomic E-state index is 0.517. The lowest BCUT2D eigenvalue weighted by atomic mass is 10.1. The number of hydrogen-bond donors (Lipinski definition) is 1. The maximum absolute atomic E-state index is 5.97. The molecule has 4 nitrogen and oxygen atoms in total. The molecule has 0 spiro atoms. The van der Waals surface area contributed by atoms with Crippen molar-refractivity contribution in [3.05, 3.63) is 95.1 Å². The van der Waals surface area contributed by atoms with Crippen molar-refractivity contribution in [2.45, 2.75) is 26.6 Å². The number of ether oxygens (including phenoxy) is 2. The van der Waals surface area contributed by atoms with E-state index in [2.05, 4.69) is 60.4 Å². The van der Waals surface area contributed by atoms with Crippen LogP contribution in [0.5, 0.6) is 11.5 Å². The van der Waals surface area contributed by atoms with Crippen molar-refractivity contribution >= 4 is 0 Å². The molecule has 3 aromatic rings. The fourth-order valence-corrected chi connectivity index (χ4v) is 3.39. The summed E-state index contributed by atoms with van der Waals surface area (Å²) >= 11 is 0. The molecule has 3 aromatic carbocycles. The molecule has 0 aliphatic heterocycles. The van der Waals surface area contributed by atoms with Crippen LogP contribution < -0.4 is 15.2 Å². The zero-order valence-electron chi connectivity index (χ0n) is 17.3. The zero-order valence-corrected chi connectivity index (χ0v) is 17.3. The van der Waals surface area contributed by atoms with Crippen LogP contribution in [0.4, 0.5) is 0 Å². The van der Waals surface area contributed by atoms with Crippen LogP contribution in [0, 0.1) is 6.92 Å². The molecular weight excluding hydrogens is 360 g/mol. The van der Waals surface area contributed by atoms with Gasteiger partial charge in [-0.3, -0.25) is 4.90 Å². The highest BCUT2D eigenvalue weighted by Crippen LogP contribution is 2.29. The molecule has 0 fully saturated rings. The lowest BCUT2D eigenvalue weighted by Gasteiger charge is -2.22. The molecule has 29 heavy (non-hydrogen) atoms. The van der Waals surface area contributed by atoms with Crippen molar-refractivity contribution in [2.75, 3.05) is 20.2 Å². The van der Waals surface area contributed by atoms with Gasteiger partial charge in [0.1, 0.15) is 6.61 Å². The Bertz CT molecular complexity index is 896. The molecule has 0 atom stereocenters. The molecular formula is C25H30N2O2. The molecule has 0 unspecified atom stereocenters. The summed E-state index contributed by atoms with van der Waals surface area (Å²) < 4.78 is 11.6. The first-order chi connectivity index (χ1) is 14.2. The van der Waals surface area contributed by atoms with Gasteiger partial charge < -0.3 is 15.2 Å². The SMILES string of the molecule is COc1cc(CN(CCN)Cc2cccc(C)c2)ccc1OCc1ccccc1. The number of nitrogens with zero attached hydrogens (tertiary/aromatic N) is 1. The zero-order chi connectivity index (χ0) is 20.5. The van der Waals surface area contributed by atoms with E-state index in [4.69, 9.17) is 15.2 Å². The maximum Gasteiger partial charge on any atom is 0.161 e. The van der Waals surface area contributed by atoms with Crippen LogP contribution in [-0.2, 0) is 19.7 Å². The largest absolute Gasteiger partial charge is 0.493 e. The molecule has 0 heterocycles. The first-order valence-electron chi connectivity index (χ1n) is 9.99. The molecule has 3 rings (SSSR count). The van der Waals surface area contributed by atoms with Crippen molar-refractivity contribution in [3.8, 4) is 11.5 Å². The molecule has 0 radical (unpaired) electrons. The van der Waals surface area contributed by atoms with E-state index in [1.807, 2.05) is 24.3 Å². The Labute approximate surface area is 173 Å². The highest BCUT2D eigenvalue weighted by molar-refractivity contribution is 5.43. The fraction of sp³-hybridized carbons (Fsp3) is 0.280. The van der Waals surface area contributed by atoms with Crippen molar-refractivity contribution in [1.82, 2.24) is 4.90 Å². The summed E-state index contributed by atoms with van der Waals surface area (Å²) in [6.45, 7) is 5.77. The maximum atomic E-state index is 5.97. The van der Waals surface area contributed by atoms with Gasteiger partial charge in [-0.05, 0) is 35.7 Å². The second-order valence-corrected chi connectivity index (χ2v) is 7.25. The fourth-order valence-electron chi connectivity index (χ4n) is 3.39. The normalized spacial score (nSPS) is 10.9.